The SMILES string of the molecule is COc1ccc(/C=C2/NC(=O)N(Cc3ccccc3F)C2=O)c2ccccc12. The number of nitrogens with one attached hydrogen (secondary N) is 1. The van der Waals surface area contributed by atoms with Crippen LogP contribution in [0.3, 0.4) is 0 Å². The van der Waals surface area contributed by atoms with Crippen molar-refractivity contribution < 1.29 is 18.7 Å². The molecule has 1 aliphatic heterocycles. The Kier molecular flexibility index (Phi) is 4.53. The molecule has 0 atom stereocenters. The highest BCUT2D eigenvalue weighted by atomic mass is 19.1. The minimum absolute atomic E-state index is 0.127. The van der Waals surface area contributed by atoms with Gasteiger partial charge >= 0.3 is 6.03 Å². The number of nitrogens with zero attached hydrogens (tertiary/aromatic N) is 1. The van der Waals surface area contributed by atoms with Crippen molar-refractivity contribution in [1.29, 1.82) is 0 Å². The number of methoxy groups -OCH3 is 1. The lowest BCUT2D eigenvalue weighted by Gasteiger charge is -2.12. The Labute approximate surface area is 161 Å². The monoisotopic (exact) mass is 376 g/mol. The van der Waals surface area contributed by atoms with Crippen molar-refractivity contribution in [2.24, 2.45) is 0 Å². The fourth-order valence-electron chi connectivity index (χ4n) is 3.27. The normalized spacial score (nSPS) is 15.4. The number of hydrogen-bond donors (Lipinski definition) is 1. The molecule has 1 heterocycles. The van der Waals surface area contributed by atoms with Gasteiger partial charge in [-0.05, 0) is 29.2 Å². The Bertz CT molecular complexity index is 1120. The van der Waals surface area contributed by atoms with Crippen LogP contribution in [0.4, 0.5) is 9.18 Å². The highest BCUT2D eigenvalue weighted by molar-refractivity contribution is 6.14. The van der Waals surface area contributed by atoms with E-state index in [1.165, 1.54) is 6.07 Å². The van der Waals surface area contributed by atoms with E-state index in [4.69, 9.17) is 4.74 Å². The molecule has 1 aliphatic rings. The van der Waals surface area contributed by atoms with Crippen molar-refractivity contribution in [1.82, 2.24) is 10.2 Å². The zero-order valence-corrected chi connectivity index (χ0v) is 15.1. The van der Waals surface area contributed by atoms with E-state index in [1.54, 1.807) is 31.4 Å². The summed E-state index contributed by atoms with van der Waals surface area (Å²) in [4.78, 5) is 26.0. The van der Waals surface area contributed by atoms with Crippen LogP contribution in [-0.4, -0.2) is 23.9 Å². The van der Waals surface area contributed by atoms with Gasteiger partial charge in [0.05, 0.1) is 13.7 Å². The first kappa shape index (κ1) is 17.7. The summed E-state index contributed by atoms with van der Waals surface area (Å²) in [7, 11) is 1.60. The third-order valence-corrected chi connectivity index (χ3v) is 4.69. The fraction of sp³-hybridized carbons (Fsp3) is 0.0909. The predicted octanol–water partition coefficient (Wildman–Crippen LogP) is 4.08. The van der Waals surface area contributed by atoms with E-state index in [0.29, 0.717) is 0 Å². The lowest BCUT2D eigenvalue weighted by molar-refractivity contribution is -0.123. The molecule has 5 nitrogen and oxygen atoms in total. The highest BCUT2D eigenvalue weighted by Crippen LogP contribution is 2.30. The first-order valence-corrected chi connectivity index (χ1v) is 8.72. The Morgan fingerprint density at radius 3 is 2.46 bits per heavy atom. The van der Waals surface area contributed by atoms with Gasteiger partial charge in [0.15, 0.2) is 0 Å². The molecule has 140 valence electrons. The molecule has 0 radical (unpaired) electrons. The van der Waals surface area contributed by atoms with Gasteiger partial charge in [-0.25, -0.2) is 9.18 Å². The van der Waals surface area contributed by atoms with Gasteiger partial charge in [-0.3, -0.25) is 9.69 Å². The first-order chi connectivity index (χ1) is 13.6. The molecule has 1 N–H and O–H groups in total. The number of rotatable bonds is 4. The van der Waals surface area contributed by atoms with E-state index in [2.05, 4.69) is 5.32 Å². The van der Waals surface area contributed by atoms with Crippen molar-refractivity contribution >= 4 is 28.8 Å². The largest absolute Gasteiger partial charge is 0.496 e. The molecule has 3 amide bonds. The highest BCUT2D eigenvalue weighted by Gasteiger charge is 2.34. The fourth-order valence-corrected chi connectivity index (χ4v) is 3.27. The topological polar surface area (TPSA) is 58.6 Å². The van der Waals surface area contributed by atoms with Gasteiger partial charge in [0.25, 0.3) is 5.91 Å². The van der Waals surface area contributed by atoms with Crippen molar-refractivity contribution in [2.45, 2.75) is 6.54 Å². The number of amides is 3. The van der Waals surface area contributed by atoms with E-state index in [0.717, 1.165) is 27.0 Å². The van der Waals surface area contributed by atoms with Gasteiger partial charge < -0.3 is 10.1 Å². The summed E-state index contributed by atoms with van der Waals surface area (Å²) in [5.41, 5.74) is 1.20. The molecule has 0 aromatic heterocycles. The third-order valence-electron chi connectivity index (χ3n) is 4.69. The summed E-state index contributed by atoms with van der Waals surface area (Å²) < 4.78 is 19.3. The number of fused-ring (bicyclic) bond motifs is 1. The number of imide groups is 1. The number of carbonyl (C=O) groups excluding carboxylic acids is 2. The molecule has 0 spiro atoms. The summed E-state index contributed by atoms with van der Waals surface area (Å²) in [5, 5.41) is 4.37. The van der Waals surface area contributed by atoms with Gasteiger partial charge in [0, 0.05) is 10.9 Å². The molecule has 3 aromatic carbocycles. The molecular formula is C22H17FN2O3. The van der Waals surface area contributed by atoms with Crippen LogP contribution in [0.1, 0.15) is 11.1 Å². The van der Waals surface area contributed by atoms with Gasteiger partial charge in [0.2, 0.25) is 0 Å². The molecular weight excluding hydrogens is 359 g/mol. The molecule has 28 heavy (non-hydrogen) atoms. The number of hydrogen-bond acceptors (Lipinski definition) is 3. The maximum absolute atomic E-state index is 13.9. The maximum atomic E-state index is 13.9. The van der Waals surface area contributed by atoms with E-state index in [9.17, 15) is 14.0 Å². The average Bonchev–Trinajstić information content (AvgIpc) is 2.97. The molecule has 4 rings (SSSR count). The van der Waals surface area contributed by atoms with E-state index < -0.39 is 17.8 Å². The van der Waals surface area contributed by atoms with E-state index >= 15 is 0 Å². The lowest BCUT2D eigenvalue weighted by Crippen LogP contribution is -2.30. The Morgan fingerprint density at radius 1 is 1.00 bits per heavy atom. The summed E-state index contributed by atoms with van der Waals surface area (Å²) in [6.45, 7) is -0.127. The van der Waals surface area contributed by atoms with Crippen molar-refractivity contribution in [3.63, 3.8) is 0 Å². The van der Waals surface area contributed by atoms with E-state index in [1.807, 2.05) is 36.4 Å². The van der Waals surface area contributed by atoms with Crippen molar-refractivity contribution in [3.05, 3.63) is 83.3 Å². The number of ether oxygens (including phenoxy) is 1. The molecule has 3 aromatic rings. The number of halogens is 1. The maximum Gasteiger partial charge on any atom is 0.329 e. The zero-order valence-electron chi connectivity index (χ0n) is 15.1. The number of urea groups is 1. The van der Waals surface area contributed by atoms with Gasteiger partial charge in [0.1, 0.15) is 17.3 Å². The standard InChI is InChI=1S/C22H17FN2O3/c1-28-20-11-10-14(16-7-3-4-8-17(16)20)12-19-21(26)25(22(27)24-19)13-15-6-2-5-9-18(15)23/h2-12H,13H2,1H3,(H,24,27)/b19-12+. The van der Waals surface area contributed by atoms with Crippen molar-refractivity contribution in [3.8, 4) is 5.75 Å². The van der Waals surface area contributed by atoms with Crippen LogP contribution in [0.25, 0.3) is 16.8 Å². The second kappa shape index (κ2) is 7.15. The van der Waals surface area contributed by atoms with Crippen LogP contribution in [0, 0.1) is 5.82 Å². The van der Waals surface area contributed by atoms with Crippen LogP contribution in [-0.2, 0) is 11.3 Å². The van der Waals surface area contributed by atoms with Crippen molar-refractivity contribution in [2.75, 3.05) is 7.11 Å². The Balaban J connectivity index is 1.68. The van der Waals surface area contributed by atoms with Crippen LogP contribution in [0.2, 0.25) is 0 Å². The summed E-state index contributed by atoms with van der Waals surface area (Å²) >= 11 is 0. The Hall–Kier alpha value is -3.67. The van der Waals surface area contributed by atoms with Crippen LogP contribution in [0.15, 0.2) is 66.4 Å². The zero-order chi connectivity index (χ0) is 19.7. The third kappa shape index (κ3) is 3.09. The van der Waals surface area contributed by atoms with Crippen LogP contribution in [0.5, 0.6) is 5.75 Å². The summed E-state index contributed by atoms with van der Waals surface area (Å²) in [5.74, 6) is -0.226. The van der Waals surface area contributed by atoms with E-state index in [-0.39, 0.29) is 17.8 Å². The summed E-state index contributed by atoms with van der Waals surface area (Å²) in [6.07, 6.45) is 1.63. The predicted molar refractivity (Wildman–Crippen MR) is 104 cm³/mol. The molecule has 1 saturated heterocycles. The van der Waals surface area contributed by atoms with Crippen LogP contribution >= 0.6 is 0 Å². The molecule has 0 bridgehead atoms. The minimum atomic E-state index is -0.572. The molecule has 0 unspecified atom stereocenters. The van der Waals surface area contributed by atoms with Gasteiger partial charge in [-0.2, -0.15) is 0 Å². The summed E-state index contributed by atoms with van der Waals surface area (Å²) in [6, 6.07) is 16.8. The second-order valence-corrected chi connectivity index (χ2v) is 6.37. The quantitative estimate of drug-likeness (QED) is 0.551. The first-order valence-electron chi connectivity index (χ1n) is 8.72. The number of carbonyl (C=O) groups is 2. The molecule has 1 fully saturated rings. The molecule has 0 saturated carbocycles. The smallest absolute Gasteiger partial charge is 0.329 e. The lowest BCUT2D eigenvalue weighted by atomic mass is 10.0. The second-order valence-electron chi connectivity index (χ2n) is 6.37. The molecule has 6 heteroatoms. The van der Waals surface area contributed by atoms with Gasteiger partial charge in [-0.1, -0.05) is 48.5 Å². The Morgan fingerprint density at radius 2 is 1.71 bits per heavy atom. The number of benzene rings is 3. The minimum Gasteiger partial charge on any atom is -0.496 e. The molecule has 0 aliphatic carbocycles. The average molecular weight is 376 g/mol. The van der Waals surface area contributed by atoms with Gasteiger partial charge in [-0.15, -0.1) is 0 Å². The van der Waals surface area contributed by atoms with Crippen LogP contribution < -0.4 is 10.1 Å².